The number of nitrogens with zero attached hydrogens (tertiary/aromatic N) is 2. The van der Waals surface area contributed by atoms with E-state index in [0.717, 1.165) is 63.5 Å². The number of H-pyrrole nitrogens is 1. The molecule has 0 unspecified atom stereocenters. The van der Waals surface area contributed by atoms with E-state index in [-0.39, 0.29) is 17.1 Å². The molecule has 0 aromatic carbocycles. The molecule has 0 amide bonds. The Balaban J connectivity index is 1.60. The third-order valence-electron chi connectivity index (χ3n) is 6.49. The van der Waals surface area contributed by atoms with E-state index in [1.54, 1.807) is 0 Å². The van der Waals surface area contributed by atoms with Gasteiger partial charge in [0.25, 0.3) is 5.56 Å². The van der Waals surface area contributed by atoms with Crippen LogP contribution in [0.3, 0.4) is 0 Å². The van der Waals surface area contributed by atoms with Crippen LogP contribution in [0.1, 0.15) is 97.0 Å². The third-order valence-corrected chi connectivity index (χ3v) is 6.49. The molecule has 0 atom stereocenters. The van der Waals surface area contributed by atoms with Gasteiger partial charge in [0.2, 0.25) is 5.71 Å². The van der Waals surface area contributed by atoms with Crippen molar-refractivity contribution in [2.45, 2.75) is 97.8 Å². The van der Waals surface area contributed by atoms with Gasteiger partial charge >= 0.3 is 11.6 Å². The molecule has 1 fully saturated rings. The van der Waals surface area contributed by atoms with Crippen LogP contribution in [-0.2, 0) is 11.2 Å². The molecule has 0 bridgehead atoms. The summed E-state index contributed by atoms with van der Waals surface area (Å²) in [5, 5.41) is 4.47. The first-order valence-corrected chi connectivity index (χ1v) is 12.7. The zero-order valence-corrected chi connectivity index (χ0v) is 20.7. The van der Waals surface area contributed by atoms with E-state index in [2.05, 4.69) is 35.9 Å². The minimum atomic E-state index is -0.533. The molecule has 1 saturated carbocycles. The van der Waals surface area contributed by atoms with Gasteiger partial charge in [0.15, 0.2) is 0 Å². The molecule has 0 spiro atoms. The van der Waals surface area contributed by atoms with E-state index >= 15 is 0 Å². The van der Waals surface area contributed by atoms with Gasteiger partial charge in [-0.15, -0.1) is 0 Å². The number of ketones is 1. The largest absolute Gasteiger partial charge is 0.403 e. The first-order valence-electron chi connectivity index (χ1n) is 12.7. The number of oxime groups is 1. The van der Waals surface area contributed by atoms with Crippen molar-refractivity contribution in [1.82, 2.24) is 9.97 Å². The predicted octanol–water partition coefficient (Wildman–Crippen LogP) is 5.32. The molecule has 2 aromatic heterocycles. The fraction of sp³-hybridized carbons (Fsp3) is 0.654. The molecular formula is C26H37N3O5. The van der Waals surface area contributed by atoms with Crippen LogP contribution in [0.5, 0.6) is 6.01 Å². The zero-order chi connectivity index (χ0) is 24.5. The second-order valence-electron chi connectivity index (χ2n) is 9.80. The van der Waals surface area contributed by atoms with Crippen molar-refractivity contribution in [2.75, 3.05) is 0 Å². The summed E-state index contributed by atoms with van der Waals surface area (Å²) in [5.41, 5.74) is 0.585. The minimum absolute atomic E-state index is 0.0255. The highest BCUT2D eigenvalue weighted by Crippen LogP contribution is 2.27. The number of rotatable bonds is 12. The van der Waals surface area contributed by atoms with E-state index in [1.165, 1.54) is 6.07 Å². The molecule has 0 aliphatic heterocycles. The van der Waals surface area contributed by atoms with Crippen molar-refractivity contribution < 1.29 is 14.0 Å². The second-order valence-corrected chi connectivity index (χ2v) is 9.80. The highest BCUT2D eigenvalue weighted by Gasteiger charge is 2.19. The Morgan fingerprint density at radius 3 is 2.71 bits per heavy atom. The molecule has 186 valence electrons. The van der Waals surface area contributed by atoms with E-state index in [4.69, 9.17) is 9.25 Å². The Morgan fingerprint density at radius 1 is 1.24 bits per heavy atom. The maximum absolute atomic E-state index is 12.7. The number of hydrogen-bond donors (Lipinski definition) is 1. The highest BCUT2D eigenvalue weighted by atomic mass is 16.6. The fourth-order valence-corrected chi connectivity index (χ4v) is 4.43. The summed E-state index contributed by atoms with van der Waals surface area (Å²) in [6, 6.07) is 1.28. The molecule has 8 nitrogen and oxygen atoms in total. The number of Topliss-reactive ketones (excluding diaryl/α,β-unsaturated/α-hetero) is 1. The summed E-state index contributed by atoms with van der Waals surface area (Å²) in [5.74, 6) is 1.45. The van der Waals surface area contributed by atoms with Crippen LogP contribution in [0.4, 0.5) is 0 Å². The van der Waals surface area contributed by atoms with Gasteiger partial charge in [-0.3, -0.25) is 14.6 Å². The highest BCUT2D eigenvalue weighted by molar-refractivity contribution is 5.84. The lowest BCUT2D eigenvalue weighted by atomic mass is 9.84. The van der Waals surface area contributed by atoms with Gasteiger partial charge in [0, 0.05) is 18.9 Å². The first kappa shape index (κ1) is 25.8. The molecule has 0 radical (unpaired) electrons. The summed E-state index contributed by atoms with van der Waals surface area (Å²) in [6.07, 6.45) is 10.3. The number of carbonyl (C=O) groups is 1. The van der Waals surface area contributed by atoms with E-state index < -0.39 is 11.2 Å². The minimum Gasteiger partial charge on any atom is -0.403 e. The standard InChI is InChI=1S/C26H37N3O5/c1-4-5-9-21(30)15-12-18-10-13-20(14-11-18)29-34-26-27-24(32)23-19(8-6-7-17(2)3)16-22(31)33-25(23)28-26/h16-18H,4-15H2,1-3H3,(H,27,28,32). The molecule has 3 rings (SSSR count). The Labute approximate surface area is 200 Å². The lowest BCUT2D eigenvalue weighted by molar-refractivity contribution is -0.119. The molecular weight excluding hydrogens is 434 g/mol. The zero-order valence-electron chi connectivity index (χ0n) is 20.7. The average molecular weight is 472 g/mol. The molecule has 2 aromatic rings. The normalized spacial score (nSPS) is 16.2. The van der Waals surface area contributed by atoms with Gasteiger partial charge in [-0.2, -0.15) is 4.98 Å². The molecule has 0 saturated heterocycles. The molecule has 1 aliphatic rings. The van der Waals surface area contributed by atoms with Crippen molar-refractivity contribution in [3.05, 3.63) is 32.4 Å². The van der Waals surface area contributed by atoms with Crippen LogP contribution in [0.15, 0.2) is 25.2 Å². The van der Waals surface area contributed by atoms with E-state index in [1.807, 2.05) is 0 Å². The van der Waals surface area contributed by atoms with Crippen molar-refractivity contribution >= 4 is 22.6 Å². The first-order chi connectivity index (χ1) is 16.4. The molecule has 2 heterocycles. The molecule has 1 aliphatic carbocycles. The van der Waals surface area contributed by atoms with Crippen molar-refractivity contribution in [2.24, 2.45) is 17.0 Å². The Kier molecular flexibility index (Phi) is 9.60. The summed E-state index contributed by atoms with van der Waals surface area (Å²) < 4.78 is 5.19. The third kappa shape index (κ3) is 7.64. The predicted molar refractivity (Wildman–Crippen MR) is 132 cm³/mol. The van der Waals surface area contributed by atoms with Crippen LogP contribution in [0, 0.1) is 11.8 Å². The maximum atomic E-state index is 12.7. The van der Waals surface area contributed by atoms with Gasteiger partial charge in [-0.05, 0) is 68.8 Å². The van der Waals surface area contributed by atoms with Crippen molar-refractivity contribution in [3.8, 4) is 6.01 Å². The summed E-state index contributed by atoms with van der Waals surface area (Å²) in [6.45, 7) is 6.38. The summed E-state index contributed by atoms with van der Waals surface area (Å²) >= 11 is 0. The molecule has 1 N–H and O–H groups in total. The number of hydrogen-bond acceptors (Lipinski definition) is 7. The van der Waals surface area contributed by atoms with Crippen LogP contribution in [0.25, 0.3) is 11.1 Å². The van der Waals surface area contributed by atoms with E-state index in [9.17, 15) is 14.4 Å². The van der Waals surface area contributed by atoms with Crippen LogP contribution < -0.4 is 16.0 Å². The lowest BCUT2D eigenvalue weighted by Crippen LogP contribution is -2.17. The van der Waals surface area contributed by atoms with Gasteiger partial charge in [-0.25, -0.2) is 4.79 Å². The second kappa shape index (κ2) is 12.6. The monoisotopic (exact) mass is 471 g/mol. The van der Waals surface area contributed by atoms with Gasteiger partial charge < -0.3 is 9.25 Å². The topological polar surface area (TPSA) is 115 Å². The smallest absolute Gasteiger partial charge is 0.337 e. The molecule has 8 heteroatoms. The fourth-order valence-electron chi connectivity index (χ4n) is 4.43. The number of nitrogens with one attached hydrogen (secondary N) is 1. The average Bonchev–Trinajstić information content (AvgIpc) is 2.80. The SMILES string of the molecule is CCCCC(=O)CCC1CCC(=NOc2nc3oc(=O)cc(CCCC(C)C)c3c(=O)[nH]2)CC1. The van der Waals surface area contributed by atoms with Gasteiger partial charge in [0.1, 0.15) is 11.2 Å². The maximum Gasteiger partial charge on any atom is 0.337 e. The van der Waals surface area contributed by atoms with Crippen molar-refractivity contribution in [1.29, 1.82) is 0 Å². The summed E-state index contributed by atoms with van der Waals surface area (Å²) in [4.78, 5) is 48.8. The van der Waals surface area contributed by atoms with Crippen LogP contribution in [0.2, 0.25) is 0 Å². The van der Waals surface area contributed by atoms with Crippen LogP contribution >= 0.6 is 0 Å². The van der Waals surface area contributed by atoms with E-state index in [0.29, 0.717) is 42.4 Å². The number of aryl methyl sites for hydroxylation is 1. The number of fused-ring (bicyclic) bond motifs is 1. The Hall–Kier alpha value is -2.77. The summed E-state index contributed by atoms with van der Waals surface area (Å²) in [7, 11) is 0. The molecule has 34 heavy (non-hydrogen) atoms. The number of aromatic nitrogens is 2. The number of carbonyl (C=O) groups excluding carboxylic acids is 1. The van der Waals surface area contributed by atoms with Crippen molar-refractivity contribution in [3.63, 3.8) is 0 Å². The number of aromatic amines is 1. The number of unbranched alkanes of at least 4 members (excludes halogenated alkanes) is 1. The Morgan fingerprint density at radius 2 is 2.00 bits per heavy atom. The van der Waals surface area contributed by atoms with Gasteiger partial charge in [0.05, 0.1) is 5.71 Å². The Bertz CT molecular complexity index is 1110. The van der Waals surface area contributed by atoms with Crippen LogP contribution in [-0.4, -0.2) is 21.5 Å². The lowest BCUT2D eigenvalue weighted by Gasteiger charge is -2.22. The quantitative estimate of drug-likeness (QED) is 0.419. The van der Waals surface area contributed by atoms with Gasteiger partial charge in [-0.1, -0.05) is 38.8 Å².